The Hall–Kier alpha value is -4.10. The second-order valence-corrected chi connectivity index (χ2v) is 13.2. The maximum atomic E-state index is 14.4. The van der Waals surface area contributed by atoms with Gasteiger partial charge < -0.3 is 20.7 Å². The van der Waals surface area contributed by atoms with Crippen molar-refractivity contribution in [3.05, 3.63) is 82.5 Å². The van der Waals surface area contributed by atoms with Crippen molar-refractivity contribution in [3.63, 3.8) is 0 Å². The van der Waals surface area contributed by atoms with Crippen molar-refractivity contribution >= 4 is 27.5 Å². The highest BCUT2D eigenvalue weighted by atomic mass is 32.2. The summed E-state index contributed by atoms with van der Waals surface area (Å²) in [5.74, 6) is -2.17. The van der Waals surface area contributed by atoms with Gasteiger partial charge in [0.05, 0.1) is 17.0 Å². The Kier molecular flexibility index (Phi) is 10.5. The Balaban J connectivity index is 1.33. The average molecular weight is 630 g/mol. The van der Waals surface area contributed by atoms with Crippen LogP contribution < -0.4 is 15.8 Å². The number of anilines is 1. The summed E-state index contributed by atoms with van der Waals surface area (Å²) >= 11 is 0. The van der Waals surface area contributed by atoms with Crippen molar-refractivity contribution in [2.75, 3.05) is 31.2 Å². The van der Waals surface area contributed by atoms with E-state index in [4.69, 9.17) is 10.5 Å². The van der Waals surface area contributed by atoms with Crippen LogP contribution in [0.4, 0.5) is 19.3 Å². The van der Waals surface area contributed by atoms with E-state index in [1.54, 1.807) is 35.2 Å². The van der Waals surface area contributed by atoms with Gasteiger partial charge in [-0.3, -0.25) is 9.69 Å². The summed E-state index contributed by atoms with van der Waals surface area (Å²) in [6.07, 6.45) is 3.29. The highest BCUT2D eigenvalue weighted by Gasteiger charge is 2.28. The third kappa shape index (κ3) is 8.73. The maximum absolute atomic E-state index is 14.4. The van der Waals surface area contributed by atoms with Gasteiger partial charge in [0, 0.05) is 56.3 Å². The standard InChI is InChI=1S/C31H37F2N5O5S/c1-4-13-38(31(40)36-28-16-25(30(34)39)26(32)17-27(28)33)23-11-14-37(15-12-23)18-22-7-10-29(35-20(22)2)43-24-8-5-21(6-9-24)19-44(3,41)42/h5-10,16-17,23H,4,11-15,18-19H2,1-3H3,(H2,34,39)(H,36,40). The Bertz CT molecular complexity index is 1610. The Morgan fingerprint density at radius 3 is 2.36 bits per heavy atom. The lowest BCUT2D eigenvalue weighted by Crippen LogP contribution is -2.49. The van der Waals surface area contributed by atoms with Crippen LogP contribution >= 0.6 is 0 Å². The monoisotopic (exact) mass is 629 g/mol. The van der Waals surface area contributed by atoms with Crippen molar-refractivity contribution < 1.29 is 31.5 Å². The number of nitrogens with one attached hydrogen (secondary N) is 1. The van der Waals surface area contributed by atoms with E-state index < -0.39 is 39.0 Å². The molecule has 3 N–H and O–H groups in total. The van der Waals surface area contributed by atoms with Crippen LogP contribution in [0.25, 0.3) is 0 Å². The number of amides is 3. The Morgan fingerprint density at radius 2 is 1.77 bits per heavy atom. The van der Waals surface area contributed by atoms with E-state index in [1.165, 1.54) is 6.26 Å². The summed E-state index contributed by atoms with van der Waals surface area (Å²) < 4.78 is 57.1. The molecule has 0 spiro atoms. The van der Waals surface area contributed by atoms with Crippen LogP contribution in [0.5, 0.6) is 11.6 Å². The fraction of sp³-hybridized carbons (Fsp3) is 0.387. The predicted octanol–water partition coefficient (Wildman–Crippen LogP) is 5.01. The number of hydrogen-bond donors (Lipinski definition) is 2. The number of nitrogens with zero attached hydrogens (tertiary/aromatic N) is 3. The molecule has 1 fully saturated rings. The molecule has 1 aliphatic rings. The van der Waals surface area contributed by atoms with Gasteiger partial charge in [-0.1, -0.05) is 25.1 Å². The molecule has 10 nitrogen and oxygen atoms in total. The van der Waals surface area contributed by atoms with E-state index in [-0.39, 0.29) is 17.5 Å². The number of carbonyl (C=O) groups is 2. The van der Waals surface area contributed by atoms with Crippen LogP contribution in [0.2, 0.25) is 0 Å². The minimum Gasteiger partial charge on any atom is -0.439 e. The fourth-order valence-electron chi connectivity index (χ4n) is 5.21. The highest BCUT2D eigenvalue weighted by molar-refractivity contribution is 7.89. The molecule has 0 unspecified atom stereocenters. The summed E-state index contributed by atoms with van der Waals surface area (Å²) in [4.78, 5) is 33.2. The van der Waals surface area contributed by atoms with E-state index in [9.17, 15) is 26.8 Å². The molecule has 0 atom stereocenters. The number of aromatic nitrogens is 1. The van der Waals surface area contributed by atoms with Gasteiger partial charge in [0.2, 0.25) is 5.88 Å². The van der Waals surface area contributed by atoms with Crippen LogP contribution in [0.3, 0.4) is 0 Å². The highest BCUT2D eigenvalue weighted by Crippen LogP contribution is 2.25. The minimum absolute atomic E-state index is 0.0322. The van der Waals surface area contributed by atoms with Crippen molar-refractivity contribution in [3.8, 4) is 11.6 Å². The SMILES string of the molecule is CCCN(C(=O)Nc1cc(C(N)=O)c(F)cc1F)C1CCN(Cc2ccc(Oc3ccc(CS(C)(=O)=O)cc3)nc2C)CC1. The normalized spacial score (nSPS) is 14.3. The third-order valence-corrected chi connectivity index (χ3v) is 8.28. The van der Waals surface area contributed by atoms with Crippen LogP contribution in [0, 0.1) is 18.6 Å². The molecule has 2 aromatic carbocycles. The molecule has 3 amide bonds. The lowest BCUT2D eigenvalue weighted by atomic mass is 10.0. The number of pyridine rings is 1. The smallest absolute Gasteiger partial charge is 0.322 e. The molecule has 13 heteroatoms. The summed E-state index contributed by atoms with van der Waals surface area (Å²) in [5.41, 5.74) is 6.91. The molecule has 1 saturated heterocycles. The van der Waals surface area contributed by atoms with Crippen LogP contribution in [0.15, 0.2) is 48.5 Å². The van der Waals surface area contributed by atoms with E-state index in [0.717, 1.165) is 30.4 Å². The molecule has 0 radical (unpaired) electrons. The first-order chi connectivity index (χ1) is 20.8. The maximum Gasteiger partial charge on any atom is 0.322 e. The molecule has 0 saturated carbocycles. The second kappa shape index (κ2) is 14.1. The quantitative estimate of drug-likeness (QED) is 0.304. The molecule has 4 rings (SSSR count). The van der Waals surface area contributed by atoms with Crippen molar-refractivity contribution in [2.45, 2.75) is 51.4 Å². The van der Waals surface area contributed by atoms with Crippen LogP contribution in [-0.4, -0.2) is 67.1 Å². The van der Waals surface area contributed by atoms with Gasteiger partial charge in [-0.05, 0) is 55.5 Å². The zero-order valence-electron chi connectivity index (χ0n) is 25.0. The molecule has 2 heterocycles. The molecular weight excluding hydrogens is 592 g/mol. The first-order valence-corrected chi connectivity index (χ1v) is 16.4. The zero-order chi connectivity index (χ0) is 32.0. The minimum atomic E-state index is -3.12. The number of aryl methyl sites for hydroxylation is 1. The number of benzene rings is 2. The van der Waals surface area contributed by atoms with Gasteiger partial charge >= 0.3 is 6.03 Å². The lowest BCUT2D eigenvalue weighted by molar-refractivity contribution is 0.0996. The number of hydrogen-bond acceptors (Lipinski definition) is 7. The summed E-state index contributed by atoms with van der Waals surface area (Å²) in [7, 11) is -3.12. The number of carbonyl (C=O) groups excluding carboxylic acids is 2. The first-order valence-electron chi connectivity index (χ1n) is 14.3. The fourth-order valence-corrected chi connectivity index (χ4v) is 6.01. The predicted molar refractivity (Wildman–Crippen MR) is 163 cm³/mol. The number of primary amides is 1. The van der Waals surface area contributed by atoms with Gasteiger partial charge in [-0.15, -0.1) is 0 Å². The summed E-state index contributed by atoms with van der Waals surface area (Å²) in [5, 5.41) is 2.49. The number of rotatable bonds is 11. The third-order valence-electron chi connectivity index (χ3n) is 7.43. The van der Waals surface area contributed by atoms with Gasteiger partial charge in [-0.2, -0.15) is 0 Å². The van der Waals surface area contributed by atoms with Crippen molar-refractivity contribution in [1.29, 1.82) is 0 Å². The molecule has 0 aliphatic carbocycles. The van der Waals surface area contributed by atoms with Gasteiger partial charge in [-0.25, -0.2) is 27.0 Å². The number of halogens is 2. The van der Waals surface area contributed by atoms with Crippen molar-refractivity contribution in [1.82, 2.24) is 14.8 Å². The lowest BCUT2D eigenvalue weighted by Gasteiger charge is -2.38. The largest absolute Gasteiger partial charge is 0.439 e. The molecule has 236 valence electrons. The molecule has 44 heavy (non-hydrogen) atoms. The number of piperidine rings is 1. The first kappa shape index (κ1) is 32.8. The summed E-state index contributed by atoms with van der Waals surface area (Å²) in [6, 6.07) is 11.5. The molecule has 0 bridgehead atoms. The number of nitrogens with two attached hydrogens (primary N) is 1. The Labute approximate surface area is 256 Å². The van der Waals surface area contributed by atoms with E-state index in [2.05, 4.69) is 15.2 Å². The van der Waals surface area contributed by atoms with Gasteiger partial charge in [0.1, 0.15) is 17.4 Å². The van der Waals surface area contributed by atoms with Crippen LogP contribution in [0.1, 0.15) is 53.4 Å². The van der Waals surface area contributed by atoms with E-state index in [1.807, 2.05) is 19.9 Å². The number of sulfone groups is 1. The zero-order valence-corrected chi connectivity index (χ0v) is 25.8. The van der Waals surface area contributed by atoms with Gasteiger partial charge in [0.15, 0.2) is 9.84 Å². The van der Waals surface area contributed by atoms with E-state index >= 15 is 0 Å². The van der Waals surface area contributed by atoms with Crippen LogP contribution in [-0.2, 0) is 22.1 Å². The summed E-state index contributed by atoms with van der Waals surface area (Å²) in [6.45, 7) is 6.43. The molecule has 3 aromatic rings. The van der Waals surface area contributed by atoms with Crippen molar-refractivity contribution in [2.24, 2.45) is 5.73 Å². The molecule has 1 aromatic heterocycles. The van der Waals surface area contributed by atoms with E-state index in [0.29, 0.717) is 55.6 Å². The number of likely N-dealkylation sites (tertiary alicyclic amines) is 1. The topological polar surface area (TPSA) is 135 Å². The molecular formula is C31H37F2N5O5S. The second-order valence-electron chi connectivity index (χ2n) is 11.0. The molecule has 1 aliphatic heterocycles. The Morgan fingerprint density at radius 1 is 1.09 bits per heavy atom. The van der Waals surface area contributed by atoms with Gasteiger partial charge in [0.25, 0.3) is 5.91 Å². The average Bonchev–Trinajstić information content (AvgIpc) is 2.95. The number of ether oxygens (including phenoxy) is 1. The number of urea groups is 1.